The molecule has 2 saturated heterocycles. The van der Waals surface area contributed by atoms with E-state index in [2.05, 4.69) is 75.5 Å². The van der Waals surface area contributed by atoms with Crippen molar-refractivity contribution in [2.24, 2.45) is 0 Å². The highest BCUT2D eigenvalue weighted by atomic mass is 16.5. The van der Waals surface area contributed by atoms with Gasteiger partial charge in [0.1, 0.15) is 17.5 Å². The lowest BCUT2D eigenvalue weighted by Crippen LogP contribution is -2.52. The molecule has 0 spiro atoms. The molecule has 4 aliphatic rings. The summed E-state index contributed by atoms with van der Waals surface area (Å²) in [5.74, 6) is 7.03. The molecule has 0 saturated carbocycles. The Morgan fingerprint density at radius 3 is 2.45 bits per heavy atom. The zero-order valence-electron chi connectivity index (χ0n) is 29.8. The first-order valence-electron chi connectivity index (χ1n) is 18.8. The highest BCUT2D eigenvalue weighted by Gasteiger charge is 2.39. The third-order valence-electron chi connectivity index (χ3n) is 11.2. The number of carbonyl (C=O) groups excluding carboxylic acids is 3. The van der Waals surface area contributed by atoms with Gasteiger partial charge in [0.2, 0.25) is 11.8 Å². The molecular formula is C44H44N4O5. The first-order valence-corrected chi connectivity index (χ1v) is 18.8. The summed E-state index contributed by atoms with van der Waals surface area (Å²) in [5, 5.41) is 12.5. The molecule has 9 nitrogen and oxygen atoms in total. The van der Waals surface area contributed by atoms with E-state index in [1.54, 1.807) is 23.1 Å². The smallest absolute Gasteiger partial charge is 0.255 e. The number of unbranched alkanes of at least 4 members (excludes halogenated alkanes) is 2. The molecule has 0 aromatic heterocycles. The molecule has 3 atom stereocenters. The molecule has 0 aliphatic carbocycles. The third-order valence-corrected chi connectivity index (χ3v) is 11.2. The van der Waals surface area contributed by atoms with Gasteiger partial charge in [-0.25, -0.2) is 0 Å². The Labute approximate surface area is 310 Å². The minimum Gasteiger partial charge on any atom is -0.508 e. The number of hydrogen-bond acceptors (Lipinski definition) is 7. The number of amides is 3. The number of fused-ring (bicyclic) bond motifs is 2. The van der Waals surface area contributed by atoms with Crippen LogP contribution in [0, 0.1) is 11.8 Å². The van der Waals surface area contributed by atoms with Crippen molar-refractivity contribution in [3.05, 3.63) is 124 Å². The van der Waals surface area contributed by atoms with Crippen molar-refractivity contribution in [1.29, 1.82) is 0 Å². The lowest BCUT2D eigenvalue weighted by atomic mass is 9.76. The van der Waals surface area contributed by atoms with Gasteiger partial charge in [-0.2, -0.15) is 0 Å². The number of piperazine rings is 1. The normalized spacial score (nSPS) is 21.3. The number of rotatable bonds is 8. The molecule has 4 aromatic rings. The van der Waals surface area contributed by atoms with E-state index in [1.165, 1.54) is 16.8 Å². The van der Waals surface area contributed by atoms with Crippen molar-refractivity contribution in [3.8, 4) is 23.3 Å². The maximum Gasteiger partial charge on any atom is 0.255 e. The molecular weight excluding hydrogens is 665 g/mol. The third kappa shape index (κ3) is 7.37. The predicted octanol–water partition coefficient (Wildman–Crippen LogP) is 5.81. The highest BCUT2D eigenvalue weighted by molar-refractivity contribution is 6.05. The minimum atomic E-state index is -0.606. The van der Waals surface area contributed by atoms with E-state index in [0.29, 0.717) is 25.1 Å². The number of phenolic OH excluding ortho intramolecular Hbond substituents is 1. The van der Waals surface area contributed by atoms with Gasteiger partial charge in [-0.1, -0.05) is 60.4 Å². The molecule has 3 amide bonds. The minimum absolute atomic E-state index is 0.134. The molecule has 4 aliphatic heterocycles. The van der Waals surface area contributed by atoms with Crippen LogP contribution in [0.2, 0.25) is 0 Å². The first kappa shape index (κ1) is 34.5. The molecule has 4 heterocycles. The second-order valence-electron chi connectivity index (χ2n) is 14.5. The average Bonchev–Trinajstić information content (AvgIpc) is 3.51. The number of aromatic hydroxyl groups is 1. The maximum absolute atomic E-state index is 13.0. The Bertz CT molecular complexity index is 2060. The number of nitrogens with zero attached hydrogens (tertiary/aromatic N) is 3. The van der Waals surface area contributed by atoms with Gasteiger partial charge in [0.25, 0.3) is 5.91 Å². The fourth-order valence-corrected chi connectivity index (χ4v) is 8.29. The van der Waals surface area contributed by atoms with Crippen LogP contribution in [0.5, 0.6) is 11.5 Å². The van der Waals surface area contributed by atoms with Gasteiger partial charge in [-0.05, 0) is 78.9 Å². The second kappa shape index (κ2) is 15.2. The van der Waals surface area contributed by atoms with Crippen LogP contribution in [-0.4, -0.2) is 78.0 Å². The molecule has 4 aromatic carbocycles. The predicted molar refractivity (Wildman–Crippen MR) is 203 cm³/mol. The van der Waals surface area contributed by atoms with E-state index in [-0.39, 0.29) is 35.8 Å². The number of hydrogen-bond donors (Lipinski definition) is 2. The lowest BCUT2D eigenvalue weighted by Gasteiger charge is -2.37. The van der Waals surface area contributed by atoms with Crippen LogP contribution in [-0.2, 0) is 16.1 Å². The van der Waals surface area contributed by atoms with Gasteiger partial charge in [0, 0.05) is 85.8 Å². The van der Waals surface area contributed by atoms with Gasteiger partial charge in [-0.15, -0.1) is 0 Å². The van der Waals surface area contributed by atoms with Crippen LogP contribution in [0.4, 0.5) is 5.69 Å². The largest absolute Gasteiger partial charge is 0.508 e. The summed E-state index contributed by atoms with van der Waals surface area (Å²) in [6, 6.07) is 30.1. The molecule has 9 heteroatoms. The zero-order chi connectivity index (χ0) is 36.3. The Balaban J connectivity index is 0.805. The molecule has 53 heavy (non-hydrogen) atoms. The number of imide groups is 1. The van der Waals surface area contributed by atoms with Crippen LogP contribution in [0.25, 0.3) is 0 Å². The standard InChI is InChI=1S/C44H44N4O5/c49-35-16-18-37-40(27-35)53-29-38(31-9-5-3-6-10-31)42(37)32-12-14-34(15-13-32)47-24-22-46(23-25-47)21-7-2-1-4-8-30-11-17-36-33(26-30)28-48(44(36)52)39-19-20-41(50)45-43(39)51/h3,5-6,9-18,26-27,38-39,42,49H,1-2,7,19-25,28-29H2,(H,45,50,51)/t38-,39?,42-/m1/s1. The van der Waals surface area contributed by atoms with Gasteiger partial charge in [-0.3, -0.25) is 24.6 Å². The van der Waals surface area contributed by atoms with E-state index in [1.807, 2.05) is 24.3 Å². The Hall–Kier alpha value is -5.59. The summed E-state index contributed by atoms with van der Waals surface area (Å²) < 4.78 is 6.15. The van der Waals surface area contributed by atoms with Crippen molar-refractivity contribution in [2.45, 2.75) is 56.5 Å². The molecule has 8 rings (SSSR count). The van der Waals surface area contributed by atoms with E-state index in [0.717, 1.165) is 74.4 Å². The number of piperidine rings is 1. The van der Waals surface area contributed by atoms with E-state index in [9.17, 15) is 19.5 Å². The van der Waals surface area contributed by atoms with E-state index in [4.69, 9.17) is 4.74 Å². The van der Waals surface area contributed by atoms with Gasteiger partial charge in [0.15, 0.2) is 0 Å². The summed E-state index contributed by atoms with van der Waals surface area (Å²) >= 11 is 0. The molecule has 2 fully saturated rings. The molecule has 0 bridgehead atoms. The molecule has 2 N–H and O–H groups in total. The number of nitrogens with one attached hydrogen (secondary N) is 1. The van der Waals surface area contributed by atoms with Crippen LogP contribution < -0.4 is 15.0 Å². The van der Waals surface area contributed by atoms with Crippen molar-refractivity contribution in [2.75, 3.05) is 44.2 Å². The van der Waals surface area contributed by atoms with Crippen LogP contribution in [0.1, 0.15) is 82.1 Å². The van der Waals surface area contributed by atoms with Crippen LogP contribution >= 0.6 is 0 Å². The fourth-order valence-electron chi connectivity index (χ4n) is 8.29. The Morgan fingerprint density at radius 1 is 0.849 bits per heavy atom. The SMILES string of the molecule is O=C1CCC(N2Cc3cc(C#CCCCCN4CCN(c5ccc([C@@H]6c7ccc(O)cc7OC[C@@H]6c6ccccc6)cc5)CC4)ccc3C2=O)C(=O)N1. The first-order chi connectivity index (χ1) is 25.9. The van der Waals surface area contributed by atoms with Crippen LogP contribution in [0.15, 0.2) is 91.0 Å². The Morgan fingerprint density at radius 2 is 1.66 bits per heavy atom. The van der Waals surface area contributed by atoms with Gasteiger partial charge >= 0.3 is 0 Å². The summed E-state index contributed by atoms with van der Waals surface area (Å²) in [6.07, 6.45) is 3.54. The Kier molecular flexibility index (Phi) is 9.88. The molecule has 270 valence electrons. The van der Waals surface area contributed by atoms with Gasteiger partial charge in [0.05, 0.1) is 6.61 Å². The number of phenols is 1. The second-order valence-corrected chi connectivity index (χ2v) is 14.5. The maximum atomic E-state index is 13.0. The lowest BCUT2D eigenvalue weighted by molar-refractivity contribution is -0.136. The van der Waals surface area contributed by atoms with Crippen molar-refractivity contribution in [1.82, 2.24) is 15.1 Å². The summed E-state index contributed by atoms with van der Waals surface area (Å²) in [6.45, 7) is 6.04. The van der Waals surface area contributed by atoms with Crippen LogP contribution in [0.3, 0.4) is 0 Å². The number of ether oxygens (including phenoxy) is 1. The summed E-state index contributed by atoms with van der Waals surface area (Å²) in [4.78, 5) is 43.4. The van der Waals surface area contributed by atoms with E-state index >= 15 is 0 Å². The molecule has 1 unspecified atom stereocenters. The zero-order valence-corrected chi connectivity index (χ0v) is 29.8. The van der Waals surface area contributed by atoms with E-state index < -0.39 is 11.9 Å². The monoisotopic (exact) mass is 708 g/mol. The summed E-state index contributed by atoms with van der Waals surface area (Å²) in [7, 11) is 0. The average molecular weight is 709 g/mol. The van der Waals surface area contributed by atoms with Crippen molar-refractivity contribution < 1.29 is 24.2 Å². The van der Waals surface area contributed by atoms with Crippen molar-refractivity contribution in [3.63, 3.8) is 0 Å². The number of anilines is 1. The van der Waals surface area contributed by atoms with Crippen molar-refractivity contribution >= 4 is 23.4 Å². The fraction of sp³-hybridized carbons (Fsp3) is 0.341. The number of benzene rings is 4. The molecule has 0 radical (unpaired) electrons. The summed E-state index contributed by atoms with van der Waals surface area (Å²) in [5.41, 5.74) is 7.22. The highest BCUT2D eigenvalue weighted by Crippen LogP contribution is 2.47. The quantitative estimate of drug-likeness (QED) is 0.136. The number of carbonyl (C=O) groups is 3. The van der Waals surface area contributed by atoms with Gasteiger partial charge < -0.3 is 19.6 Å². The topological polar surface area (TPSA) is 102 Å².